The standard InChI is InChI=1S/C12H11NO/c1-13-11(7-8-12(13)14)9-10-5-3-2-4-6-10/h2-9H,1H3/b11-9+. The van der Waals surface area contributed by atoms with Crippen LogP contribution in [0.2, 0.25) is 0 Å². The van der Waals surface area contributed by atoms with Crippen molar-refractivity contribution < 1.29 is 4.79 Å². The molecular formula is C12H11NO. The van der Waals surface area contributed by atoms with Gasteiger partial charge in [-0.25, -0.2) is 0 Å². The maximum Gasteiger partial charge on any atom is 0.250 e. The number of rotatable bonds is 1. The highest BCUT2D eigenvalue weighted by Gasteiger charge is 2.14. The molecule has 0 aromatic heterocycles. The molecule has 2 nitrogen and oxygen atoms in total. The largest absolute Gasteiger partial charge is 0.312 e. The molecule has 0 radical (unpaired) electrons. The lowest BCUT2D eigenvalue weighted by molar-refractivity contribution is -0.122. The van der Waals surface area contributed by atoms with E-state index in [0.29, 0.717) is 0 Å². The minimum atomic E-state index is 0.0344. The lowest BCUT2D eigenvalue weighted by atomic mass is 10.2. The quantitative estimate of drug-likeness (QED) is 0.655. The smallest absolute Gasteiger partial charge is 0.250 e. The van der Waals surface area contributed by atoms with Gasteiger partial charge in [-0.15, -0.1) is 0 Å². The van der Waals surface area contributed by atoms with Crippen LogP contribution in [0.5, 0.6) is 0 Å². The highest BCUT2D eigenvalue weighted by Crippen LogP contribution is 2.16. The van der Waals surface area contributed by atoms with E-state index in [9.17, 15) is 4.79 Å². The van der Waals surface area contributed by atoms with E-state index in [1.807, 2.05) is 42.5 Å². The summed E-state index contributed by atoms with van der Waals surface area (Å²) < 4.78 is 0. The zero-order valence-corrected chi connectivity index (χ0v) is 7.97. The Bertz CT molecular complexity index is 404. The molecule has 1 aromatic carbocycles. The van der Waals surface area contributed by atoms with Crippen LogP contribution >= 0.6 is 0 Å². The summed E-state index contributed by atoms with van der Waals surface area (Å²) in [6, 6.07) is 9.95. The minimum absolute atomic E-state index is 0.0344. The third-order valence-corrected chi connectivity index (χ3v) is 2.23. The molecule has 1 amide bonds. The lowest BCUT2D eigenvalue weighted by Gasteiger charge is -2.10. The molecule has 0 N–H and O–H groups in total. The second-order valence-electron chi connectivity index (χ2n) is 3.21. The maximum atomic E-state index is 11.2. The fourth-order valence-corrected chi connectivity index (χ4v) is 1.37. The number of allylic oxidation sites excluding steroid dienone is 1. The van der Waals surface area contributed by atoms with Crippen LogP contribution in [0.25, 0.3) is 6.08 Å². The van der Waals surface area contributed by atoms with Crippen LogP contribution < -0.4 is 0 Å². The molecule has 0 unspecified atom stereocenters. The van der Waals surface area contributed by atoms with E-state index in [-0.39, 0.29) is 5.91 Å². The molecular weight excluding hydrogens is 174 g/mol. The normalized spacial score (nSPS) is 18.2. The number of benzene rings is 1. The summed E-state index contributed by atoms with van der Waals surface area (Å²) in [5, 5.41) is 0. The summed E-state index contributed by atoms with van der Waals surface area (Å²) in [5.41, 5.74) is 2.04. The molecule has 0 saturated carbocycles. The molecule has 1 aromatic rings. The zero-order chi connectivity index (χ0) is 9.97. The van der Waals surface area contributed by atoms with Gasteiger partial charge in [0, 0.05) is 18.8 Å². The van der Waals surface area contributed by atoms with Crippen molar-refractivity contribution in [3.63, 3.8) is 0 Å². The number of hydrogen-bond donors (Lipinski definition) is 0. The number of hydrogen-bond acceptors (Lipinski definition) is 1. The number of carbonyl (C=O) groups excluding carboxylic acids is 1. The first-order valence-electron chi connectivity index (χ1n) is 4.50. The van der Waals surface area contributed by atoms with Gasteiger partial charge in [-0.3, -0.25) is 4.79 Å². The monoisotopic (exact) mass is 185 g/mol. The van der Waals surface area contributed by atoms with Gasteiger partial charge in [0.15, 0.2) is 0 Å². The van der Waals surface area contributed by atoms with Crippen LogP contribution in [0.15, 0.2) is 48.2 Å². The van der Waals surface area contributed by atoms with Crippen molar-refractivity contribution in [3.05, 3.63) is 53.7 Å². The number of carbonyl (C=O) groups is 1. The third-order valence-electron chi connectivity index (χ3n) is 2.23. The summed E-state index contributed by atoms with van der Waals surface area (Å²) in [6.45, 7) is 0. The highest BCUT2D eigenvalue weighted by atomic mass is 16.2. The fourth-order valence-electron chi connectivity index (χ4n) is 1.37. The summed E-state index contributed by atoms with van der Waals surface area (Å²) >= 11 is 0. The fraction of sp³-hybridized carbons (Fsp3) is 0.0833. The molecule has 2 rings (SSSR count). The van der Waals surface area contributed by atoms with Gasteiger partial charge >= 0.3 is 0 Å². The first-order valence-corrected chi connectivity index (χ1v) is 4.50. The molecule has 0 atom stereocenters. The van der Waals surface area contributed by atoms with E-state index in [1.165, 1.54) is 0 Å². The topological polar surface area (TPSA) is 20.3 Å². The molecule has 0 fully saturated rings. The Kier molecular flexibility index (Phi) is 2.19. The van der Waals surface area contributed by atoms with Crippen LogP contribution in [0.4, 0.5) is 0 Å². The van der Waals surface area contributed by atoms with Crippen LogP contribution in [0.1, 0.15) is 5.56 Å². The van der Waals surface area contributed by atoms with Crippen molar-refractivity contribution in [2.75, 3.05) is 7.05 Å². The van der Waals surface area contributed by atoms with Gasteiger partial charge in [0.25, 0.3) is 5.91 Å². The predicted molar refractivity (Wildman–Crippen MR) is 56.3 cm³/mol. The Morgan fingerprint density at radius 1 is 1.14 bits per heavy atom. The van der Waals surface area contributed by atoms with E-state index < -0.39 is 0 Å². The molecule has 0 aliphatic carbocycles. The Balaban J connectivity index is 2.29. The van der Waals surface area contributed by atoms with E-state index >= 15 is 0 Å². The van der Waals surface area contributed by atoms with Crippen molar-refractivity contribution in [3.8, 4) is 0 Å². The molecule has 70 valence electrons. The van der Waals surface area contributed by atoms with Crippen LogP contribution in [0, 0.1) is 0 Å². The van der Waals surface area contributed by atoms with Crippen molar-refractivity contribution in [1.29, 1.82) is 0 Å². The Morgan fingerprint density at radius 3 is 2.43 bits per heavy atom. The van der Waals surface area contributed by atoms with E-state index in [4.69, 9.17) is 0 Å². The minimum Gasteiger partial charge on any atom is -0.312 e. The van der Waals surface area contributed by atoms with Gasteiger partial charge in [-0.05, 0) is 17.7 Å². The Hall–Kier alpha value is -1.83. The van der Waals surface area contributed by atoms with E-state index in [0.717, 1.165) is 11.3 Å². The van der Waals surface area contributed by atoms with Crippen molar-refractivity contribution in [1.82, 2.24) is 4.90 Å². The van der Waals surface area contributed by atoms with Crippen LogP contribution in [0.3, 0.4) is 0 Å². The second-order valence-corrected chi connectivity index (χ2v) is 3.21. The van der Waals surface area contributed by atoms with Gasteiger partial charge in [-0.1, -0.05) is 30.3 Å². The van der Waals surface area contributed by atoms with Crippen molar-refractivity contribution in [2.45, 2.75) is 0 Å². The van der Waals surface area contributed by atoms with Crippen molar-refractivity contribution >= 4 is 12.0 Å². The molecule has 0 spiro atoms. The predicted octanol–water partition coefficient (Wildman–Crippen LogP) is 2.06. The Labute approximate surface area is 83.2 Å². The second kappa shape index (κ2) is 3.50. The summed E-state index contributed by atoms with van der Waals surface area (Å²) in [4.78, 5) is 12.8. The number of likely N-dealkylation sites (N-methyl/N-ethyl adjacent to an activating group) is 1. The van der Waals surface area contributed by atoms with Crippen LogP contribution in [-0.4, -0.2) is 17.9 Å². The van der Waals surface area contributed by atoms with Crippen molar-refractivity contribution in [2.24, 2.45) is 0 Å². The van der Waals surface area contributed by atoms with Gasteiger partial charge in [0.1, 0.15) is 0 Å². The summed E-state index contributed by atoms with van der Waals surface area (Å²) in [6.07, 6.45) is 5.39. The molecule has 1 heterocycles. The van der Waals surface area contributed by atoms with Gasteiger partial charge < -0.3 is 4.90 Å². The zero-order valence-electron chi connectivity index (χ0n) is 7.97. The average molecular weight is 185 g/mol. The first-order chi connectivity index (χ1) is 6.77. The van der Waals surface area contributed by atoms with Gasteiger partial charge in [0.05, 0.1) is 0 Å². The van der Waals surface area contributed by atoms with Crippen LogP contribution in [-0.2, 0) is 4.79 Å². The molecule has 14 heavy (non-hydrogen) atoms. The Morgan fingerprint density at radius 2 is 1.86 bits per heavy atom. The summed E-state index contributed by atoms with van der Waals surface area (Å²) in [5.74, 6) is 0.0344. The third kappa shape index (κ3) is 1.59. The molecule has 0 saturated heterocycles. The van der Waals surface area contributed by atoms with Gasteiger partial charge in [-0.2, -0.15) is 0 Å². The lowest BCUT2D eigenvalue weighted by Crippen LogP contribution is -2.17. The number of nitrogens with zero attached hydrogens (tertiary/aromatic N) is 1. The molecule has 1 aliphatic heterocycles. The molecule has 1 aliphatic rings. The highest BCUT2D eigenvalue weighted by molar-refractivity contribution is 5.94. The molecule has 2 heteroatoms. The summed E-state index contributed by atoms with van der Waals surface area (Å²) in [7, 11) is 1.77. The number of amides is 1. The molecule has 0 bridgehead atoms. The average Bonchev–Trinajstić information content (AvgIpc) is 2.52. The SMILES string of the molecule is CN1C(=O)C=C/C1=C\c1ccccc1. The maximum absolute atomic E-state index is 11.2. The van der Waals surface area contributed by atoms with Gasteiger partial charge in [0.2, 0.25) is 0 Å². The van der Waals surface area contributed by atoms with E-state index in [2.05, 4.69) is 0 Å². The van der Waals surface area contributed by atoms with E-state index in [1.54, 1.807) is 18.0 Å². The first kappa shape index (κ1) is 8.75.